The number of rotatable bonds is 4. The molecule has 24 heavy (non-hydrogen) atoms. The van der Waals surface area contributed by atoms with Gasteiger partial charge in [0.25, 0.3) is 0 Å². The van der Waals surface area contributed by atoms with Gasteiger partial charge in [0.15, 0.2) is 0 Å². The molecule has 1 aliphatic rings. The van der Waals surface area contributed by atoms with Crippen LogP contribution < -0.4 is 15.8 Å². The predicted octanol–water partition coefficient (Wildman–Crippen LogP) is 2.05. The van der Waals surface area contributed by atoms with Gasteiger partial charge < -0.3 is 20.5 Å². The van der Waals surface area contributed by atoms with Crippen LogP contribution in [0.2, 0.25) is 0 Å². The zero-order valence-corrected chi connectivity index (χ0v) is 14.5. The summed E-state index contributed by atoms with van der Waals surface area (Å²) in [5.74, 6) is 0.777. The van der Waals surface area contributed by atoms with E-state index in [-0.39, 0.29) is 30.4 Å². The Balaban J connectivity index is 0.00000208. The van der Waals surface area contributed by atoms with Gasteiger partial charge in [-0.25, -0.2) is 0 Å². The van der Waals surface area contributed by atoms with Crippen molar-refractivity contribution < 1.29 is 14.3 Å². The molecule has 2 aromatic rings. The molecule has 1 fully saturated rings. The molecule has 5 nitrogen and oxygen atoms in total. The van der Waals surface area contributed by atoms with E-state index in [1.54, 1.807) is 7.11 Å². The van der Waals surface area contributed by atoms with E-state index < -0.39 is 0 Å². The second kappa shape index (κ2) is 8.33. The number of nitrogens with one attached hydrogen (secondary N) is 1. The van der Waals surface area contributed by atoms with E-state index in [9.17, 15) is 4.79 Å². The van der Waals surface area contributed by atoms with E-state index in [4.69, 9.17) is 15.2 Å². The molecule has 1 heterocycles. The maximum absolute atomic E-state index is 12.4. The second-order valence-corrected chi connectivity index (χ2v) is 5.88. The molecule has 130 valence electrons. The molecule has 0 saturated carbocycles. The summed E-state index contributed by atoms with van der Waals surface area (Å²) in [5, 5.41) is 5.17. The van der Waals surface area contributed by atoms with Crippen LogP contribution in [0.3, 0.4) is 0 Å². The molecule has 1 aliphatic heterocycles. The molecule has 0 unspecified atom stereocenters. The van der Waals surface area contributed by atoms with Gasteiger partial charge in [-0.2, -0.15) is 0 Å². The Morgan fingerprint density at radius 3 is 2.96 bits per heavy atom. The maximum atomic E-state index is 12.4. The zero-order valence-electron chi connectivity index (χ0n) is 13.7. The zero-order chi connectivity index (χ0) is 16.2. The third-order valence-corrected chi connectivity index (χ3v) is 4.28. The average Bonchev–Trinajstić information content (AvgIpc) is 2.57. The Bertz CT molecular complexity index is 708. The Kier molecular flexibility index (Phi) is 6.43. The van der Waals surface area contributed by atoms with E-state index in [2.05, 4.69) is 5.32 Å². The summed E-state index contributed by atoms with van der Waals surface area (Å²) >= 11 is 0. The fraction of sp³-hybridized carbons (Fsp3) is 0.389. The molecule has 3 rings (SSSR count). The summed E-state index contributed by atoms with van der Waals surface area (Å²) < 4.78 is 10.6. The molecule has 1 saturated heterocycles. The van der Waals surface area contributed by atoms with Crippen LogP contribution in [0.15, 0.2) is 36.4 Å². The molecule has 2 aromatic carbocycles. The van der Waals surface area contributed by atoms with Gasteiger partial charge in [-0.3, -0.25) is 4.79 Å². The lowest BCUT2D eigenvalue weighted by molar-refractivity contribution is -0.121. The minimum Gasteiger partial charge on any atom is -0.497 e. The maximum Gasteiger partial charge on any atom is 0.224 e. The molecular formula is C18H23ClN2O3. The first-order valence-corrected chi connectivity index (χ1v) is 7.85. The number of methoxy groups -OCH3 is 1. The van der Waals surface area contributed by atoms with Crippen molar-refractivity contribution in [2.75, 3.05) is 20.3 Å². The van der Waals surface area contributed by atoms with Crippen molar-refractivity contribution in [1.82, 2.24) is 5.32 Å². The first-order valence-electron chi connectivity index (χ1n) is 7.85. The van der Waals surface area contributed by atoms with Gasteiger partial charge >= 0.3 is 0 Å². The number of fused-ring (bicyclic) bond motifs is 1. The molecule has 2 atom stereocenters. The van der Waals surface area contributed by atoms with E-state index in [1.807, 2.05) is 36.4 Å². The van der Waals surface area contributed by atoms with E-state index >= 15 is 0 Å². The summed E-state index contributed by atoms with van der Waals surface area (Å²) in [6, 6.07) is 11.7. The summed E-state index contributed by atoms with van der Waals surface area (Å²) in [6.07, 6.45) is 1.09. The van der Waals surface area contributed by atoms with Crippen LogP contribution in [0.5, 0.6) is 5.75 Å². The number of amides is 1. The monoisotopic (exact) mass is 350 g/mol. The molecule has 1 amide bonds. The highest BCUT2D eigenvalue weighted by Gasteiger charge is 2.24. The Morgan fingerprint density at radius 1 is 1.38 bits per heavy atom. The van der Waals surface area contributed by atoms with Crippen molar-refractivity contribution in [2.45, 2.75) is 24.9 Å². The lowest BCUT2D eigenvalue weighted by Gasteiger charge is -2.29. The molecule has 0 aromatic heterocycles. The van der Waals surface area contributed by atoms with Gasteiger partial charge in [-0.1, -0.05) is 24.3 Å². The molecule has 0 bridgehead atoms. The number of carbonyl (C=O) groups excluding carboxylic acids is 1. The summed E-state index contributed by atoms with van der Waals surface area (Å²) in [4.78, 5) is 12.4. The minimum absolute atomic E-state index is 0. The number of nitrogens with two attached hydrogens (primary N) is 1. The van der Waals surface area contributed by atoms with Crippen molar-refractivity contribution in [3.8, 4) is 5.75 Å². The first kappa shape index (κ1) is 18.5. The van der Waals surface area contributed by atoms with Crippen LogP contribution in [-0.2, 0) is 16.0 Å². The minimum atomic E-state index is -0.139. The van der Waals surface area contributed by atoms with Crippen LogP contribution in [0.1, 0.15) is 12.0 Å². The van der Waals surface area contributed by atoms with Gasteiger partial charge in [0.05, 0.1) is 20.1 Å². The second-order valence-electron chi connectivity index (χ2n) is 5.88. The van der Waals surface area contributed by atoms with Gasteiger partial charge in [-0.05, 0) is 34.9 Å². The highest BCUT2D eigenvalue weighted by Crippen LogP contribution is 2.24. The third-order valence-electron chi connectivity index (χ3n) is 4.28. The highest BCUT2D eigenvalue weighted by molar-refractivity contribution is 5.91. The molecule has 0 radical (unpaired) electrons. The van der Waals surface area contributed by atoms with Crippen LogP contribution in [0.25, 0.3) is 10.8 Å². The molecule has 3 N–H and O–H groups in total. The van der Waals surface area contributed by atoms with Crippen LogP contribution >= 0.6 is 12.4 Å². The van der Waals surface area contributed by atoms with Crippen molar-refractivity contribution in [1.29, 1.82) is 0 Å². The molecular weight excluding hydrogens is 328 g/mol. The number of hydrogen-bond acceptors (Lipinski definition) is 4. The van der Waals surface area contributed by atoms with E-state index in [0.717, 1.165) is 28.5 Å². The largest absolute Gasteiger partial charge is 0.497 e. The smallest absolute Gasteiger partial charge is 0.224 e. The Hall–Kier alpha value is -1.82. The van der Waals surface area contributed by atoms with Crippen molar-refractivity contribution in [3.05, 3.63) is 42.0 Å². The number of hydrogen-bond donors (Lipinski definition) is 2. The standard InChI is InChI=1S/C18H22N2O3.ClH/c1-22-14-6-5-12-3-2-4-13(15(12)10-14)9-18(21)20-17-7-8-23-11-16(17)19;/h2-6,10,16-17H,7-9,11,19H2,1H3,(H,20,21);1H/t16-,17+;/m0./s1. The van der Waals surface area contributed by atoms with Crippen molar-refractivity contribution in [2.24, 2.45) is 5.73 Å². The van der Waals surface area contributed by atoms with E-state index in [0.29, 0.717) is 19.6 Å². The Labute approximate surface area is 147 Å². The van der Waals surface area contributed by atoms with Gasteiger partial charge in [-0.15, -0.1) is 12.4 Å². The lowest BCUT2D eigenvalue weighted by atomic mass is 10.0. The molecule has 0 spiro atoms. The highest BCUT2D eigenvalue weighted by atomic mass is 35.5. The average molecular weight is 351 g/mol. The van der Waals surface area contributed by atoms with Gasteiger partial charge in [0, 0.05) is 18.7 Å². The third kappa shape index (κ3) is 4.17. The quantitative estimate of drug-likeness (QED) is 0.885. The normalized spacial score (nSPS) is 20.2. The predicted molar refractivity (Wildman–Crippen MR) is 96.8 cm³/mol. The fourth-order valence-electron chi connectivity index (χ4n) is 2.97. The number of ether oxygens (including phenoxy) is 2. The number of carbonyl (C=O) groups is 1. The topological polar surface area (TPSA) is 73.6 Å². The molecule has 0 aliphatic carbocycles. The van der Waals surface area contributed by atoms with Crippen LogP contribution in [-0.4, -0.2) is 38.3 Å². The SMILES string of the molecule is COc1ccc2cccc(CC(=O)N[C@@H]3CCOC[C@@H]3N)c2c1.Cl. The summed E-state index contributed by atoms with van der Waals surface area (Å²) in [5.41, 5.74) is 6.98. The summed E-state index contributed by atoms with van der Waals surface area (Å²) in [6.45, 7) is 1.14. The lowest BCUT2D eigenvalue weighted by Crippen LogP contribution is -2.53. The van der Waals surface area contributed by atoms with Crippen molar-refractivity contribution >= 4 is 29.1 Å². The number of halogens is 1. The van der Waals surface area contributed by atoms with Crippen LogP contribution in [0.4, 0.5) is 0 Å². The van der Waals surface area contributed by atoms with Crippen molar-refractivity contribution in [3.63, 3.8) is 0 Å². The number of benzene rings is 2. The summed E-state index contributed by atoms with van der Waals surface area (Å²) in [7, 11) is 1.64. The van der Waals surface area contributed by atoms with E-state index in [1.165, 1.54) is 0 Å². The van der Waals surface area contributed by atoms with Gasteiger partial charge in [0.2, 0.25) is 5.91 Å². The van der Waals surface area contributed by atoms with Gasteiger partial charge in [0.1, 0.15) is 5.75 Å². The first-order chi connectivity index (χ1) is 11.2. The molecule has 6 heteroatoms. The Morgan fingerprint density at radius 2 is 2.21 bits per heavy atom. The fourth-order valence-corrected chi connectivity index (χ4v) is 2.97. The van der Waals surface area contributed by atoms with Crippen LogP contribution in [0, 0.1) is 0 Å².